The van der Waals surface area contributed by atoms with E-state index in [1.165, 1.54) is 16.3 Å². The third-order valence-electron chi connectivity index (χ3n) is 3.94. The monoisotopic (exact) mass is 441 g/mol. The van der Waals surface area contributed by atoms with Crippen molar-refractivity contribution in [3.8, 4) is 0 Å². The van der Waals surface area contributed by atoms with Gasteiger partial charge in [-0.3, -0.25) is 4.57 Å². The minimum atomic E-state index is -1.12. The third-order valence-corrected chi connectivity index (χ3v) is 5.47. The van der Waals surface area contributed by atoms with Gasteiger partial charge in [0.1, 0.15) is 0 Å². The molecule has 1 heterocycles. The van der Waals surface area contributed by atoms with E-state index in [0.29, 0.717) is 16.4 Å². The van der Waals surface area contributed by atoms with Crippen LogP contribution in [0.5, 0.6) is 0 Å². The van der Waals surface area contributed by atoms with E-state index in [9.17, 15) is 9.90 Å². The molecular formula is C18H17BrN3NaO2S. The zero-order valence-corrected chi connectivity index (χ0v) is 19.1. The van der Waals surface area contributed by atoms with E-state index in [0.717, 1.165) is 30.2 Å². The van der Waals surface area contributed by atoms with Crippen LogP contribution in [0, 0.1) is 0 Å². The van der Waals surface area contributed by atoms with Crippen LogP contribution < -0.4 is 34.7 Å². The van der Waals surface area contributed by atoms with Crippen molar-refractivity contribution in [3.63, 3.8) is 0 Å². The average Bonchev–Trinajstić information content (AvgIpc) is 2.95. The molecule has 130 valence electrons. The summed E-state index contributed by atoms with van der Waals surface area (Å²) in [4.78, 5) is 10.7. The molecule has 3 rings (SSSR count). The second-order valence-corrected chi connectivity index (χ2v) is 7.33. The number of carbonyl (C=O) groups excluding carboxylic acids is 1. The molecule has 0 radical (unpaired) electrons. The second-order valence-electron chi connectivity index (χ2n) is 5.68. The molecule has 0 aliphatic rings. The van der Waals surface area contributed by atoms with Crippen LogP contribution in [-0.2, 0) is 17.8 Å². The van der Waals surface area contributed by atoms with Gasteiger partial charge in [-0.15, -0.1) is 10.2 Å². The quantitative estimate of drug-likeness (QED) is 0.382. The zero-order chi connectivity index (χ0) is 17.8. The fourth-order valence-corrected chi connectivity index (χ4v) is 4.00. The van der Waals surface area contributed by atoms with Gasteiger partial charge in [0.15, 0.2) is 5.16 Å². The van der Waals surface area contributed by atoms with Crippen molar-refractivity contribution >= 4 is 44.4 Å². The Morgan fingerprint density at radius 2 is 1.81 bits per heavy atom. The van der Waals surface area contributed by atoms with Crippen molar-refractivity contribution in [2.24, 2.45) is 0 Å². The zero-order valence-electron chi connectivity index (χ0n) is 14.7. The van der Waals surface area contributed by atoms with Crippen LogP contribution in [0.15, 0.2) is 46.3 Å². The molecule has 3 aromatic rings. The molecule has 0 atom stereocenters. The molecule has 5 nitrogen and oxygen atoms in total. The van der Waals surface area contributed by atoms with Gasteiger partial charge in [0.25, 0.3) is 0 Å². The molecule has 2 aromatic carbocycles. The van der Waals surface area contributed by atoms with Gasteiger partial charge in [-0.05, 0) is 44.3 Å². The number of thioether (sulfide) groups is 1. The summed E-state index contributed by atoms with van der Waals surface area (Å²) in [6.45, 7) is 2.74. The fourth-order valence-electron chi connectivity index (χ4n) is 2.85. The Hall–Kier alpha value is -0.860. The number of hydrogen-bond donors (Lipinski definition) is 0. The molecule has 0 bridgehead atoms. The van der Waals surface area contributed by atoms with Crippen LogP contribution in [0.1, 0.15) is 24.5 Å². The van der Waals surface area contributed by atoms with Crippen molar-refractivity contribution in [2.45, 2.75) is 31.5 Å². The van der Waals surface area contributed by atoms with E-state index >= 15 is 0 Å². The Morgan fingerprint density at radius 3 is 2.46 bits per heavy atom. The summed E-state index contributed by atoms with van der Waals surface area (Å²) in [6.07, 6.45) is 2.15. The van der Waals surface area contributed by atoms with Crippen LogP contribution in [0.4, 0.5) is 0 Å². The first kappa shape index (κ1) is 21.4. The summed E-state index contributed by atoms with van der Waals surface area (Å²) in [5.41, 5.74) is 2.49. The van der Waals surface area contributed by atoms with Crippen LogP contribution in [0.2, 0.25) is 0 Å². The Kier molecular flexibility index (Phi) is 8.16. The molecule has 0 saturated heterocycles. The third kappa shape index (κ3) is 4.89. The van der Waals surface area contributed by atoms with Crippen LogP contribution in [0.25, 0.3) is 10.8 Å². The molecule has 0 aliphatic carbocycles. The Bertz CT molecular complexity index is 917. The molecule has 0 N–H and O–H groups in total. The number of fused-ring (bicyclic) bond motifs is 1. The predicted molar refractivity (Wildman–Crippen MR) is 100 cm³/mol. The van der Waals surface area contributed by atoms with E-state index in [4.69, 9.17) is 0 Å². The molecule has 8 heteroatoms. The summed E-state index contributed by atoms with van der Waals surface area (Å²) in [5.74, 6) is -1.27. The van der Waals surface area contributed by atoms with Gasteiger partial charge in [0.05, 0.1) is 12.5 Å². The van der Waals surface area contributed by atoms with Gasteiger partial charge in [0, 0.05) is 5.75 Å². The van der Waals surface area contributed by atoms with Crippen LogP contribution in [-0.4, -0.2) is 26.5 Å². The molecule has 0 amide bonds. The van der Waals surface area contributed by atoms with E-state index in [-0.39, 0.29) is 35.3 Å². The predicted octanol–water partition coefficient (Wildman–Crippen LogP) is 0.0406. The number of carboxylic acid groups (broad SMARTS) is 1. The smallest absolute Gasteiger partial charge is 0.549 e. The molecule has 0 aliphatic heterocycles. The second kappa shape index (κ2) is 9.90. The number of rotatable bonds is 7. The number of aliphatic carboxylic acids is 1. The number of nitrogens with zero attached hydrogens (tertiary/aromatic N) is 3. The van der Waals surface area contributed by atoms with E-state index in [2.05, 4.69) is 63.4 Å². The standard InChI is InChI=1S/C18H18BrN3O2S.Na/c1-2-5-12-8-9-13(15-7-4-3-6-14(12)15)10-22-17(19)20-21-18(22)25-11-16(23)24;/h3-4,6-9H,2,5,10-11H2,1H3,(H,23,24);/q;+1/p-1. The fraction of sp³-hybridized carbons (Fsp3) is 0.278. The van der Waals surface area contributed by atoms with Crippen molar-refractivity contribution < 1.29 is 39.5 Å². The number of halogens is 1. The average molecular weight is 442 g/mol. The first-order valence-corrected chi connectivity index (χ1v) is 9.79. The van der Waals surface area contributed by atoms with Crippen molar-refractivity contribution in [1.29, 1.82) is 0 Å². The molecule has 26 heavy (non-hydrogen) atoms. The molecule has 1 aromatic heterocycles. The van der Waals surface area contributed by atoms with E-state index in [1.807, 2.05) is 10.6 Å². The van der Waals surface area contributed by atoms with Crippen LogP contribution in [0.3, 0.4) is 0 Å². The number of benzene rings is 2. The van der Waals surface area contributed by atoms with Gasteiger partial charge in [-0.25, -0.2) is 0 Å². The van der Waals surface area contributed by atoms with Crippen molar-refractivity contribution in [2.75, 3.05) is 5.75 Å². The first-order chi connectivity index (χ1) is 12.1. The first-order valence-electron chi connectivity index (χ1n) is 8.01. The maximum Gasteiger partial charge on any atom is 1.00 e. The summed E-state index contributed by atoms with van der Waals surface area (Å²) in [5, 5.41) is 21.8. The van der Waals surface area contributed by atoms with Gasteiger partial charge >= 0.3 is 29.6 Å². The summed E-state index contributed by atoms with van der Waals surface area (Å²) in [7, 11) is 0. The van der Waals surface area contributed by atoms with Gasteiger partial charge in [-0.2, -0.15) is 0 Å². The minimum absolute atomic E-state index is 0. The normalized spacial score (nSPS) is 10.7. The van der Waals surface area contributed by atoms with E-state index in [1.54, 1.807) is 0 Å². The molecule has 0 spiro atoms. The maximum atomic E-state index is 10.7. The van der Waals surface area contributed by atoms with Gasteiger partial charge in [0.2, 0.25) is 4.73 Å². The molecule has 0 fully saturated rings. The van der Waals surface area contributed by atoms with E-state index < -0.39 is 5.97 Å². The summed E-state index contributed by atoms with van der Waals surface area (Å²) in [6, 6.07) is 12.7. The summed E-state index contributed by atoms with van der Waals surface area (Å²) < 4.78 is 2.45. The topological polar surface area (TPSA) is 70.8 Å². The molecule has 0 unspecified atom stereocenters. The van der Waals surface area contributed by atoms with Crippen molar-refractivity contribution in [1.82, 2.24) is 14.8 Å². The Morgan fingerprint density at radius 1 is 1.15 bits per heavy atom. The van der Waals surface area contributed by atoms with Gasteiger partial charge < -0.3 is 9.90 Å². The largest absolute Gasteiger partial charge is 1.00 e. The Balaban J connectivity index is 0.00000243. The Labute approximate surface area is 187 Å². The molecular weight excluding hydrogens is 425 g/mol. The number of aromatic nitrogens is 3. The number of carboxylic acids is 1. The van der Waals surface area contributed by atoms with Gasteiger partial charge in [-0.1, -0.05) is 61.5 Å². The van der Waals surface area contributed by atoms with Crippen LogP contribution >= 0.6 is 27.7 Å². The minimum Gasteiger partial charge on any atom is -0.549 e. The maximum absolute atomic E-state index is 10.7. The number of carbonyl (C=O) groups is 1. The number of aryl methyl sites for hydroxylation is 1. The SMILES string of the molecule is CCCc1ccc(Cn2c(Br)nnc2SCC(=O)[O-])c2ccccc12.[Na+]. The number of hydrogen-bond acceptors (Lipinski definition) is 5. The molecule has 0 saturated carbocycles. The van der Waals surface area contributed by atoms with Crippen molar-refractivity contribution in [3.05, 3.63) is 52.3 Å². The summed E-state index contributed by atoms with van der Waals surface area (Å²) >= 11 is 4.51.